The van der Waals surface area contributed by atoms with Crippen LogP contribution in [0.3, 0.4) is 0 Å². The molecule has 0 radical (unpaired) electrons. The number of hydrogen-bond acceptors (Lipinski definition) is 1. The molecule has 2 nitrogen and oxygen atoms in total. The van der Waals surface area contributed by atoms with Gasteiger partial charge in [0, 0.05) is 5.02 Å². The summed E-state index contributed by atoms with van der Waals surface area (Å²) in [6.45, 7) is 1.80. The summed E-state index contributed by atoms with van der Waals surface area (Å²) in [5.74, 6) is 0.182. The standard InChI is InChI=1S/C13H13ClO2/c1-6-10(14)5-9-7-2-3-8(4-7)12(9)11(6)13(15)16/h5,7-8H,2-4H2,1H3,(H,15,16). The third kappa shape index (κ3) is 1.17. The Kier molecular flexibility index (Phi) is 2.05. The minimum absolute atomic E-state index is 0.460. The second kappa shape index (κ2) is 3.24. The number of carboxylic acid groups (broad SMARTS) is 1. The second-order valence-corrected chi connectivity index (χ2v) is 5.28. The van der Waals surface area contributed by atoms with E-state index in [-0.39, 0.29) is 0 Å². The fraction of sp³-hybridized carbons (Fsp3) is 0.462. The summed E-state index contributed by atoms with van der Waals surface area (Å²) in [6, 6.07) is 1.99. The number of halogens is 1. The highest BCUT2D eigenvalue weighted by Crippen LogP contribution is 2.55. The molecule has 16 heavy (non-hydrogen) atoms. The normalized spacial score (nSPS) is 25.9. The largest absolute Gasteiger partial charge is 0.478 e. The third-order valence-electron chi connectivity index (χ3n) is 4.09. The lowest BCUT2D eigenvalue weighted by atomic mass is 9.86. The molecule has 1 aromatic carbocycles. The van der Waals surface area contributed by atoms with Crippen molar-refractivity contribution in [3.8, 4) is 0 Å². The van der Waals surface area contributed by atoms with Crippen molar-refractivity contribution in [2.75, 3.05) is 0 Å². The molecule has 2 bridgehead atoms. The highest BCUT2D eigenvalue weighted by molar-refractivity contribution is 6.32. The Morgan fingerprint density at radius 1 is 1.44 bits per heavy atom. The summed E-state index contributed by atoms with van der Waals surface area (Å²) in [5, 5.41) is 9.92. The first-order valence-electron chi connectivity index (χ1n) is 5.65. The van der Waals surface area contributed by atoms with E-state index in [1.807, 2.05) is 6.07 Å². The van der Waals surface area contributed by atoms with Gasteiger partial charge in [0.25, 0.3) is 0 Å². The number of carboxylic acids is 1. The Hall–Kier alpha value is -1.02. The average molecular weight is 237 g/mol. The summed E-state index contributed by atoms with van der Waals surface area (Å²) in [4.78, 5) is 11.4. The summed E-state index contributed by atoms with van der Waals surface area (Å²) < 4.78 is 0. The number of aromatic carboxylic acids is 1. The minimum Gasteiger partial charge on any atom is -0.478 e. The van der Waals surface area contributed by atoms with Gasteiger partial charge in [-0.3, -0.25) is 0 Å². The van der Waals surface area contributed by atoms with E-state index < -0.39 is 5.97 Å². The Bertz CT molecular complexity index is 493. The van der Waals surface area contributed by atoms with Gasteiger partial charge in [0.1, 0.15) is 0 Å². The first kappa shape index (κ1) is 10.2. The van der Waals surface area contributed by atoms with E-state index in [1.54, 1.807) is 6.92 Å². The first-order valence-corrected chi connectivity index (χ1v) is 6.03. The molecule has 2 aliphatic carbocycles. The summed E-state index contributed by atoms with van der Waals surface area (Å²) >= 11 is 6.12. The van der Waals surface area contributed by atoms with Crippen LogP contribution in [-0.4, -0.2) is 11.1 Å². The molecule has 0 saturated heterocycles. The van der Waals surface area contributed by atoms with Crippen LogP contribution < -0.4 is 0 Å². The minimum atomic E-state index is -0.830. The van der Waals surface area contributed by atoms with Gasteiger partial charge in [-0.05, 0) is 60.8 Å². The topological polar surface area (TPSA) is 37.3 Å². The Morgan fingerprint density at radius 3 is 2.81 bits per heavy atom. The van der Waals surface area contributed by atoms with Crippen LogP contribution in [0.2, 0.25) is 5.02 Å². The van der Waals surface area contributed by atoms with Crippen LogP contribution in [0.5, 0.6) is 0 Å². The zero-order valence-electron chi connectivity index (χ0n) is 9.09. The molecule has 0 aliphatic heterocycles. The summed E-state index contributed by atoms with van der Waals surface area (Å²) in [6.07, 6.45) is 3.45. The predicted molar refractivity (Wildman–Crippen MR) is 62.5 cm³/mol. The molecular formula is C13H13ClO2. The number of benzene rings is 1. The van der Waals surface area contributed by atoms with E-state index in [0.717, 1.165) is 24.0 Å². The van der Waals surface area contributed by atoms with Crippen molar-refractivity contribution in [3.63, 3.8) is 0 Å². The fourth-order valence-corrected chi connectivity index (χ4v) is 3.58. The molecule has 0 aromatic heterocycles. The molecule has 84 valence electrons. The van der Waals surface area contributed by atoms with Crippen molar-refractivity contribution in [3.05, 3.63) is 33.3 Å². The van der Waals surface area contributed by atoms with Gasteiger partial charge in [0.05, 0.1) is 5.56 Å². The van der Waals surface area contributed by atoms with Crippen LogP contribution in [0.1, 0.15) is 58.1 Å². The molecule has 3 heteroatoms. The maximum Gasteiger partial charge on any atom is 0.336 e. The van der Waals surface area contributed by atoms with E-state index >= 15 is 0 Å². The van der Waals surface area contributed by atoms with Gasteiger partial charge in [-0.2, -0.15) is 0 Å². The van der Waals surface area contributed by atoms with Crippen LogP contribution in [0.15, 0.2) is 6.07 Å². The van der Waals surface area contributed by atoms with Gasteiger partial charge in [-0.15, -0.1) is 0 Å². The maximum absolute atomic E-state index is 11.4. The highest BCUT2D eigenvalue weighted by Gasteiger charge is 2.40. The van der Waals surface area contributed by atoms with E-state index in [4.69, 9.17) is 11.6 Å². The van der Waals surface area contributed by atoms with Crippen molar-refractivity contribution >= 4 is 17.6 Å². The van der Waals surface area contributed by atoms with Crippen LogP contribution in [0.4, 0.5) is 0 Å². The van der Waals surface area contributed by atoms with Gasteiger partial charge in [0.15, 0.2) is 0 Å². The number of carbonyl (C=O) groups is 1. The fourth-order valence-electron chi connectivity index (χ4n) is 3.37. The average Bonchev–Trinajstić information content (AvgIpc) is 2.79. The van der Waals surface area contributed by atoms with Gasteiger partial charge >= 0.3 is 5.97 Å². The zero-order valence-corrected chi connectivity index (χ0v) is 9.84. The van der Waals surface area contributed by atoms with Crippen LogP contribution >= 0.6 is 11.6 Å². The van der Waals surface area contributed by atoms with E-state index in [0.29, 0.717) is 22.4 Å². The Morgan fingerprint density at radius 2 is 2.12 bits per heavy atom. The predicted octanol–water partition coefficient (Wildman–Crippen LogP) is 3.71. The Labute approximate surface area is 99.2 Å². The first-order chi connectivity index (χ1) is 7.59. The lowest BCUT2D eigenvalue weighted by Gasteiger charge is -2.19. The molecule has 1 fully saturated rings. The molecule has 1 saturated carbocycles. The molecule has 0 spiro atoms. The SMILES string of the molecule is Cc1c(Cl)cc2c(c1C(=O)O)C1CCC2C1. The molecule has 2 aliphatic rings. The van der Waals surface area contributed by atoms with Crippen molar-refractivity contribution in [2.45, 2.75) is 38.0 Å². The van der Waals surface area contributed by atoms with Crippen molar-refractivity contribution < 1.29 is 9.90 Å². The number of rotatable bonds is 1. The van der Waals surface area contributed by atoms with E-state index in [1.165, 1.54) is 12.0 Å². The monoisotopic (exact) mass is 236 g/mol. The summed E-state index contributed by atoms with van der Waals surface area (Å²) in [5.41, 5.74) is 3.46. The highest BCUT2D eigenvalue weighted by atomic mass is 35.5. The van der Waals surface area contributed by atoms with Crippen molar-refractivity contribution in [1.82, 2.24) is 0 Å². The van der Waals surface area contributed by atoms with Gasteiger partial charge in [-0.1, -0.05) is 11.6 Å². The second-order valence-electron chi connectivity index (χ2n) is 4.87. The van der Waals surface area contributed by atoms with Crippen molar-refractivity contribution in [2.24, 2.45) is 0 Å². The maximum atomic E-state index is 11.4. The molecule has 1 N–H and O–H groups in total. The number of hydrogen-bond donors (Lipinski definition) is 1. The summed E-state index contributed by atoms with van der Waals surface area (Å²) in [7, 11) is 0. The zero-order chi connectivity index (χ0) is 11.4. The van der Waals surface area contributed by atoms with Gasteiger partial charge in [-0.25, -0.2) is 4.79 Å². The van der Waals surface area contributed by atoms with Crippen LogP contribution in [-0.2, 0) is 0 Å². The Balaban J connectivity index is 2.32. The number of fused-ring (bicyclic) bond motifs is 5. The van der Waals surface area contributed by atoms with E-state index in [9.17, 15) is 9.90 Å². The molecule has 1 aromatic rings. The molecule has 2 atom stereocenters. The molecule has 0 heterocycles. The van der Waals surface area contributed by atoms with Crippen LogP contribution in [0, 0.1) is 6.92 Å². The van der Waals surface area contributed by atoms with Gasteiger partial charge in [0.2, 0.25) is 0 Å². The molecule has 0 amide bonds. The molecule has 3 rings (SSSR count). The third-order valence-corrected chi connectivity index (χ3v) is 4.48. The van der Waals surface area contributed by atoms with Crippen LogP contribution in [0.25, 0.3) is 0 Å². The van der Waals surface area contributed by atoms with Gasteiger partial charge < -0.3 is 5.11 Å². The molecular weight excluding hydrogens is 224 g/mol. The lowest BCUT2D eigenvalue weighted by molar-refractivity contribution is 0.0694. The van der Waals surface area contributed by atoms with E-state index in [2.05, 4.69) is 0 Å². The smallest absolute Gasteiger partial charge is 0.336 e. The quantitative estimate of drug-likeness (QED) is 0.807. The molecule has 2 unspecified atom stereocenters. The van der Waals surface area contributed by atoms with Crippen molar-refractivity contribution in [1.29, 1.82) is 0 Å². The lowest BCUT2D eigenvalue weighted by Crippen LogP contribution is -2.10.